The maximum Gasteiger partial charge on any atom is 0.333 e. The Bertz CT molecular complexity index is 981. The minimum atomic E-state index is -0.961. The van der Waals surface area contributed by atoms with Gasteiger partial charge < -0.3 is 24.1 Å². The van der Waals surface area contributed by atoms with Gasteiger partial charge in [0.2, 0.25) is 0 Å². The molecule has 0 unspecified atom stereocenters. The monoisotopic (exact) mass is 564 g/mol. The van der Waals surface area contributed by atoms with Gasteiger partial charge in [-0.15, -0.1) is 0 Å². The molecule has 0 bridgehead atoms. The van der Waals surface area contributed by atoms with Gasteiger partial charge in [0, 0.05) is 24.7 Å². The Balaban J connectivity index is 1.94. The quantitative estimate of drug-likeness (QED) is 0.286. The summed E-state index contributed by atoms with van der Waals surface area (Å²) in [6.07, 6.45) is 3.04. The molecule has 7 heteroatoms. The van der Waals surface area contributed by atoms with E-state index >= 15 is 0 Å². The summed E-state index contributed by atoms with van der Waals surface area (Å²) in [6, 6.07) is 11.2. The van der Waals surface area contributed by atoms with Crippen LogP contribution in [0.1, 0.15) is 31.9 Å². The lowest BCUT2D eigenvalue weighted by molar-refractivity contribution is -0.149. The van der Waals surface area contributed by atoms with Gasteiger partial charge in [-0.3, -0.25) is 0 Å². The van der Waals surface area contributed by atoms with Crippen LogP contribution < -0.4 is 14.2 Å². The summed E-state index contributed by atoms with van der Waals surface area (Å²) in [5.74, 6) is 7.31. The summed E-state index contributed by atoms with van der Waals surface area (Å²) in [5.41, 5.74) is 1.70. The standard InChI is InChI=1S/C26H29IO6/c1-4-30-21-14-19(15-22(18-21)31-5-2)10-8-7-9-13-33-24-12-11-20(16-23(24)27)17-25(26(28)29)32-6-3/h7,9,11-12,14-16,18,25H,4-6,13,17H2,1-3H3,(H,28,29)/t25-/m0/s1. The zero-order chi connectivity index (χ0) is 24.1. The van der Waals surface area contributed by atoms with Gasteiger partial charge in [0.1, 0.15) is 23.9 Å². The van der Waals surface area contributed by atoms with Crippen molar-refractivity contribution in [2.75, 3.05) is 26.4 Å². The molecule has 0 heterocycles. The van der Waals surface area contributed by atoms with Crippen LogP contribution in [0.4, 0.5) is 0 Å². The first-order valence-corrected chi connectivity index (χ1v) is 11.9. The Morgan fingerprint density at radius 1 is 1.03 bits per heavy atom. The Morgan fingerprint density at radius 2 is 1.73 bits per heavy atom. The highest BCUT2D eigenvalue weighted by molar-refractivity contribution is 14.1. The molecule has 33 heavy (non-hydrogen) atoms. The van der Waals surface area contributed by atoms with Crippen LogP contribution in [-0.4, -0.2) is 43.6 Å². The third-order valence-electron chi connectivity index (χ3n) is 4.32. The minimum Gasteiger partial charge on any atom is -0.494 e. The van der Waals surface area contributed by atoms with Crippen LogP contribution in [0.15, 0.2) is 48.6 Å². The highest BCUT2D eigenvalue weighted by atomic mass is 127. The summed E-state index contributed by atoms with van der Waals surface area (Å²) in [6.45, 7) is 7.52. The molecule has 2 aromatic carbocycles. The number of allylic oxidation sites excluding steroid dienone is 1. The van der Waals surface area contributed by atoms with Crippen LogP contribution in [0, 0.1) is 15.4 Å². The SMILES string of the molecule is CCOc1cc(C#CC=CCOc2ccc(C[C@H](OCC)C(=O)O)cc2I)cc(OCC)c1. The van der Waals surface area contributed by atoms with Crippen molar-refractivity contribution in [3.8, 4) is 29.1 Å². The highest BCUT2D eigenvalue weighted by Crippen LogP contribution is 2.24. The lowest BCUT2D eigenvalue weighted by Gasteiger charge is -2.13. The second-order valence-corrected chi connectivity index (χ2v) is 7.96. The van der Waals surface area contributed by atoms with Crippen molar-refractivity contribution < 1.29 is 28.8 Å². The number of benzene rings is 2. The van der Waals surface area contributed by atoms with Gasteiger partial charge in [0.05, 0.1) is 16.8 Å². The summed E-state index contributed by atoms with van der Waals surface area (Å²) < 4.78 is 23.1. The van der Waals surface area contributed by atoms with E-state index in [1.807, 2.05) is 56.3 Å². The molecule has 0 spiro atoms. The average Bonchev–Trinajstić information content (AvgIpc) is 2.77. The fourth-order valence-corrected chi connectivity index (χ4v) is 3.67. The normalized spacial score (nSPS) is 11.5. The van der Waals surface area contributed by atoms with Gasteiger partial charge in [-0.05, 0) is 85.3 Å². The largest absolute Gasteiger partial charge is 0.494 e. The summed E-state index contributed by atoms with van der Waals surface area (Å²) in [7, 11) is 0. The molecule has 0 aliphatic heterocycles. The van der Waals surface area contributed by atoms with Crippen molar-refractivity contribution in [1.29, 1.82) is 0 Å². The number of carboxylic acids is 1. The van der Waals surface area contributed by atoms with E-state index in [1.54, 1.807) is 13.0 Å². The second kappa shape index (κ2) is 14.4. The van der Waals surface area contributed by atoms with E-state index in [-0.39, 0.29) is 0 Å². The molecule has 176 valence electrons. The van der Waals surface area contributed by atoms with Gasteiger partial charge >= 0.3 is 5.97 Å². The van der Waals surface area contributed by atoms with E-state index in [9.17, 15) is 9.90 Å². The first-order valence-electron chi connectivity index (χ1n) is 10.8. The molecule has 0 amide bonds. The number of carboxylic acid groups (broad SMARTS) is 1. The van der Waals surface area contributed by atoms with Crippen LogP contribution in [0.25, 0.3) is 0 Å². The molecule has 0 fully saturated rings. The maximum absolute atomic E-state index is 11.3. The number of carbonyl (C=O) groups is 1. The molecule has 0 saturated carbocycles. The summed E-state index contributed by atoms with van der Waals surface area (Å²) >= 11 is 2.18. The van der Waals surface area contributed by atoms with Crippen molar-refractivity contribution in [1.82, 2.24) is 0 Å². The molecule has 0 radical (unpaired) electrons. The predicted octanol–water partition coefficient (Wildman–Crippen LogP) is 5.11. The lowest BCUT2D eigenvalue weighted by Crippen LogP contribution is -2.26. The first-order chi connectivity index (χ1) is 16.0. The lowest BCUT2D eigenvalue weighted by atomic mass is 10.1. The Kier molecular flexibility index (Phi) is 11.6. The molecular weight excluding hydrogens is 535 g/mol. The molecule has 1 atom stereocenters. The zero-order valence-corrected chi connectivity index (χ0v) is 21.3. The van der Waals surface area contributed by atoms with Crippen LogP contribution in [-0.2, 0) is 16.0 Å². The number of halogens is 1. The molecule has 2 aromatic rings. The Morgan fingerprint density at radius 3 is 2.30 bits per heavy atom. The van der Waals surface area contributed by atoms with Crippen LogP contribution >= 0.6 is 22.6 Å². The minimum absolute atomic E-state index is 0.310. The molecule has 0 aromatic heterocycles. The van der Waals surface area contributed by atoms with Gasteiger partial charge in [-0.2, -0.15) is 0 Å². The number of ether oxygens (including phenoxy) is 4. The van der Waals surface area contributed by atoms with Crippen molar-refractivity contribution in [3.63, 3.8) is 0 Å². The highest BCUT2D eigenvalue weighted by Gasteiger charge is 2.18. The maximum atomic E-state index is 11.3. The van der Waals surface area contributed by atoms with E-state index in [2.05, 4.69) is 34.4 Å². The van der Waals surface area contributed by atoms with Gasteiger partial charge in [-0.25, -0.2) is 4.79 Å². The molecular formula is C26H29IO6. The summed E-state index contributed by atoms with van der Waals surface area (Å²) in [4.78, 5) is 11.3. The van der Waals surface area contributed by atoms with E-state index in [0.29, 0.717) is 32.8 Å². The van der Waals surface area contributed by atoms with Crippen molar-refractivity contribution in [3.05, 3.63) is 63.2 Å². The average molecular weight is 564 g/mol. The molecule has 0 aliphatic rings. The van der Waals surface area contributed by atoms with Crippen molar-refractivity contribution >= 4 is 28.6 Å². The Hall–Kier alpha value is -2.70. The Labute approximate surface area is 209 Å². The summed E-state index contributed by atoms with van der Waals surface area (Å²) in [5, 5.41) is 9.24. The third-order valence-corrected chi connectivity index (χ3v) is 5.16. The smallest absolute Gasteiger partial charge is 0.333 e. The van der Waals surface area contributed by atoms with E-state index in [0.717, 1.165) is 31.9 Å². The fraction of sp³-hybridized carbons (Fsp3) is 0.346. The van der Waals surface area contributed by atoms with E-state index in [4.69, 9.17) is 18.9 Å². The molecule has 2 rings (SSSR count). The molecule has 0 saturated heterocycles. The van der Waals surface area contributed by atoms with Crippen LogP contribution in [0.3, 0.4) is 0 Å². The number of aliphatic carboxylic acids is 1. The van der Waals surface area contributed by atoms with Crippen molar-refractivity contribution in [2.24, 2.45) is 0 Å². The van der Waals surface area contributed by atoms with Crippen molar-refractivity contribution in [2.45, 2.75) is 33.3 Å². The predicted molar refractivity (Wildman–Crippen MR) is 136 cm³/mol. The van der Waals surface area contributed by atoms with E-state index < -0.39 is 12.1 Å². The van der Waals surface area contributed by atoms with Gasteiger partial charge in [0.25, 0.3) is 0 Å². The molecule has 0 aliphatic carbocycles. The first kappa shape index (κ1) is 26.6. The number of hydrogen-bond donors (Lipinski definition) is 1. The second-order valence-electron chi connectivity index (χ2n) is 6.79. The number of hydrogen-bond acceptors (Lipinski definition) is 5. The van der Waals surface area contributed by atoms with Gasteiger partial charge in [-0.1, -0.05) is 17.9 Å². The van der Waals surface area contributed by atoms with Gasteiger partial charge in [0.15, 0.2) is 6.10 Å². The molecule has 1 N–H and O–H groups in total. The molecule has 6 nitrogen and oxygen atoms in total. The van der Waals surface area contributed by atoms with Crippen LogP contribution in [0.2, 0.25) is 0 Å². The van der Waals surface area contributed by atoms with E-state index in [1.165, 1.54) is 0 Å². The van der Waals surface area contributed by atoms with Crippen LogP contribution in [0.5, 0.6) is 17.2 Å². The third kappa shape index (κ3) is 9.36. The zero-order valence-electron chi connectivity index (χ0n) is 19.1. The fourth-order valence-electron chi connectivity index (χ4n) is 2.93. The topological polar surface area (TPSA) is 74.2 Å². The number of rotatable bonds is 12.